The standard InChI is InChI=1S/C24H26ClN3O5/c1-5-12-28(15-21-26-27-24(33-21)17-8-6-7-9-18(17)25)22(29)11-10-16-13-19(30-2)23(32-4)20(14-16)31-3/h6-11,13-14H,5,12,15H2,1-4H3. The number of methoxy groups -OCH3 is 3. The maximum absolute atomic E-state index is 12.9. The molecule has 0 saturated heterocycles. The molecule has 0 atom stereocenters. The highest BCUT2D eigenvalue weighted by atomic mass is 35.5. The Kier molecular flexibility index (Phi) is 8.32. The highest BCUT2D eigenvalue weighted by Crippen LogP contribution is 2.38. The number of ether oxygens (including phenoxy) is 3. The van der Waals surface area contributed by atoms with Crippen LogP contribution in [0.3, 0.4) is 0 Å². The van der Waals surface area contributed by atoms with Gasteiger partial charge in [-0.2, -0.15) is 0 Å². The van der Waals surface area contributed by atoms with E-state index < -0.39 is 0 Å². The number of carbonyl (C=O) groups is 1. The largest absolute Gasteiger partial charge is 0.493 e. The highest BCUT2D eigenvalue weighted by molar-refractivity contribution is 6.33. The zero-order chi connectivity index (χ0) is 23.8. The van der Waals surface area contributed by atoms with Crippen LogP contribution in [0.1, 0.15) is 24.8 Å². The first kappa shape index (κ1) is 24.1. The molecule has 3 rings (SSSR count). The van der Waals surface area contributed by atoms with Gasteiger partial charge in [0.2, 0.25) is 23.4 Å². The second-order valence-electron chi connectivity index (χ2n) is 7.03. The quantitative estimate of drug-likeness (QED) is 0.390. The molecule has 3 aromatic rings. The van der Waals surface area contributed by atoms with Crippen LogP contribution in [-0.2, 0) is 11.3 Å². The van der Waals surface area contributed by atoms with E-state index in [1.165, 1.54) is 13.2 Å². The van der Waals surface area contributed by atoms with Gasteiger partial charge >= 0.3 is 0 Å². The monoisotopic (exact) mass is 471 g/mol. The Morgan fingerprint density at radius 3 is 2.39 bits per heavy atom. The lowest BCUT2D eigenvalue weighted by Crippen LogP contribution is -2.29. The number of benzene rings is 2. The van der Waals surface area contributed by atoms with Gasteiger partial charge in [0.1, 0.15) is 0 Å². The van der Waals surface area contributed by atoms with Crippen LogP contribution in [0.25, 0.3) is 17.5 Å². The first-order valence-corrected chi connectivity index (χ1v) is 10.7. The van der Waals surface area contributed by atoms with Crippen molar-refractivity contribution in [2.45, 2.75) is 19.9 Å². The van der Waals surface area contributed by atoms with Gasteiger partial charge in [0.15, 0.2) is 11.5 Å². The number of nitrogens with zero attached hydrogens (tertiary/aromatic N) is 3. The lowest BCUT2D eigenvalue weighted by Gasteiger charge is -2.18. The van der Waals surface area contributed by atoms with Crippen molar-refractivity contribution in [3.05, 3.63) is 59.0 Å². The molecule has 0 radical (unpaired) electrons. The average Bonchev–Trinajstić information content (AvgIpc) is 3.30. The van der Waals surface area contributed by atoms with Crippen molar-refractivity contribution in [3.63, 3.8) is 0 Å². The smallest absolute Gasteiger partial charge is 0.249 e. The molecule has 1 amide bonds. The molecule has 0 saturated carbocycles. The number of aromatic nitrogens is 2. The molecule has 0 fully saturated rings. The minimum Gasteiger partial charge on any atom is -0.493 e. The van der Waals surface area contributed by atoms with Crippen LogP contribution in [0.15, 0.2) is 46.9 Å². The van der Waals surface area contributed by atoms with Gasteiger partial charge in [0.05, 0.1) is 38.5 Å². The van der Waals surface area contributed by atoms with Crippen molar-refractivity contribution in [1.29, 1.82) is 0 Å². The molecule has 1 aromatic heterocycles. The number of amides is 1. The number of halogens is 1. The topological polar surface area (TPSA) is 86.9 Å². The predicted octanol–water partition coefficient (Wildman–Crippen LogP) is 4.87. The first-order chi connectivity index (χ1) is 16.0. The summed E-state index contributed by atoms with van der Waals surface area (Å²) in [5, 5.41) is 8.67. The molecular formula is C24H26ClN3O5. The van der Waals surface area contributed by atoms with Gasteiger partial charge in [-0.1, -0.05) is 30.7 Å². The molecule has 0 aliphatic rings. The normalized spacial score (nSPS) is 10.9. The third kappa shape index (κ3) is 5.84. The van der Waals surface area contributed by atoms with E-state index in [4.69, 9.17) is 30.2 Å². The van der Waals surface area contributed by atoms with E-state index in [9.17, 15) is 4.79 Å². The van der Waals surface area contributed by atoms with Crippen molar-refractivity contribution in [2.24, 2.45) is 0 Å². The summed E-state index contributed by atoms with van der Waals surface area (Å²) in [6.45, 7) is 2.71. The summed E-state index contributed by atoms with van der Waals surface area (Å²) >= 11 is 6.21. The summed E-state index contributed by atoms with van der Waals surface area (Å²) in [6, 6.07) is 10.7. The van der Waals surface area contributed by atoms with E-state index >= 15 is 0 Å². The van der Waals surface area contributed by atoms with E-state index in [0.29, 0.717) is 46.2 Å². The summed E-state index contributed by atoms with van der Waals surface area (Å²) < 4.78 is 21.8. The summed E-state index contributed by atoms with van der Waals surface area (Å²) in [4.78, 5) is 14.6. The number of hydrogen-bond acceptors (Lipinski definition) is 7. The van der Waals surface area contributed by atoms with Crippen LogP contribution in [-0.4, -0.2) is 48.9 Å². The SMILES string of the molecule is CCCN(Cc1nnc(-c2ccccc2Cl)o1)C(=O)C=Cc1cc(OC)c(OC)c(OC)c1. The van der Waals surface area contributed by atoms with Gasteiger partial charge in [0, 0.05) is 12.6 Å². The lowest BCUT2D eigenvalue weighted by molar-refractivity contribution is -0.126. The lowest BCUT2D eigenvalue weighted by atomic mass is 10.1. The Labute approximate surface area is 197 Å². The second-order valence-corrected chi connectivity index (χ2v) is 7.44. The fourth-order valence-electron chi connectivity index (χ4n) is 3.23. The van der Waals surface area contributed by atoms with Gasteiger partial charge in [-0.05, 0) is 42.3 Å². The van der Waals surface area contributed by atoms with E-state index in [0.717, 1.165) is 12.0 Å². The second kappa shape index (κ2) is 11.4. The molecule has 33 heavy (non-hydrogen) atoms. The van der Waals surface area contributed by atoms with Crippen molar-refractivity contribution >= 4 is 23.6 Å². The minimum atomic E-state index is -0.192. The Hall–Kier alpha value is -3.52. The van der Waals surface area contributed by atoms with Crippen LogP contribution >= 0.6 is 11.6 Å². The number of hydrogen-bond donors (Lipinski definition) is 0. The number of rotatable bonds is 10. The molecule has 9 heteroatoms. The zero-order valence-electron chi connectivity index (χ0n) is 19.0. The van der Waals surface area contributed by atoms with Gasteiger partial charge in [-0.3, -0.25) is 4.79 Å². The van der Waals surface area contributed by atoms with Gasteiger partial charge in [-0.25, -0.2) is 0 Å². The van der Waals surface area contributed by atoms with E-state index in [1.54, 1.807) is 49.5 Å². The molecule has 0 spiro atoms. The molecule has 0 bridgehead atoms. The first-order valence-electron chi connectivity index (χ1n) is 10.3. The van der Waals surface area contributed by atoms with E-state index in [2.05, 4.69) is 10.2 Å². The fraction of sp³-hybridized carbons (Fsp3) is 0.292. The molecule has 174 valence electrons. The van der Waals surface area contributed by atoms with Crippen molar-refractivity contribution in [1.82, 2.24) is 15.1 Å². The third-order valence-electron chi connectivity index (χ3n) is 4.81. The molecule has 1 heterocycles. The number of carbonyl (C=O) groups excluding carboxylic acids is 1. The highest BCUT2D eigenvalue weighted by Gasteiger charge is 2.17. The Bertz CT molecular complexity index is 1100. The summed E-state index contributed by atoms with van der Waals surface area (Å²) in [6.07, 6.45) is 3.95. The van der Waals surface area contributed by atoms with E-state index in [1.807, 2.05) is 19.1 Å². The van der Waals surface area contributed by atoms with Crippen molar-refractivity contribution < 1.29 is 23.4 Å². The van der Waals surface area contributed by atoms with Crippen LogP contribution in [0.5, 0.6) is 17.2 Å². The third-order valence-corrected chi connectivity index (χ3v) is 5.14. The Morgan fingerprint density at radius 1 is 1.09 bits per heavy atom. The average molecular weight is 472 g/mol. The molecule has 0 aliphatic heterocycles. The van der Waals surface area contributed by atoms with Gasteiger partial charge in [-0.15, -0.1) is 10.2 Å². The molecule has 0 N–H and O–H groups in total. The Balaban J connectivity index is 1.77. The maximum atomic E-state index is 12.9. The molecule has 0 aliphatic carbocycles. The summed E-state index contributed by atoms with van der Waals surface area (Å²) in [5.74, 6) is 1.95. The van der Waals surface area contributed by atoms with Crippen LogP contribution < -0.4 is 14.2 Å². The van der Waals surface area contributed by atoms with Crippen molar-refractivity contribution in [3.8, 4) is 28.7 Å². The van der Waals surface area contributed by atoms with Gasteiger partial charge in [0.25, 0.3) is 0 Å². The maximum Gasteiger partial charge on any atom is 0.249 e. The Morgan fingerprint density at radius 2 is 1.79 bits per heavy atom. The van der Waals surface area contributed by atoms with Crippen molar-refractivity contribution in [2.75, 3.05) is 27.9 Å². The molecule has 0 unspecified atom stereocenters. The van der Waals surface area contributed by atoms with Crippen LogP contribution in [0.2, 0.25) is 5.02 Å². The van der Waals surface area contributed by atoms with E-state index in [-0.39, 0.29) is 12.5 Å². The van der Waals surface area contributed by atoms with Crippen LogP contribution in [0.4, 0.5) is 0 Å². The minimum absolute atomic E-state index is 0.184. The molecule has 8 nitrogen and oxygen atoms in total. The van der Waals surface area contributed by atoms with Crippen LogP contribution in [0, 0.1) is 0 Å². The van der Waals surface area contributed by atoms with Gasteiger partial charge < -0.3 is 23.5 Å². The summed E-state index contributed by atoms with van der Waals surface area (Å²) in [7, 11) is 4.62. The fourth-order valence-corrected chi connectivity index (χ4v) is 3.45. The zero-order valence-corrected chi connectivity index (χ0v) is 19.8. The summed E-state index contributed by atoms with van der Waals surface area (Å²) in [5.41, 5.74) is 1.38. The molecular weight excluding hydrogens is 446 g/mol. The predicted molar refractivity (Wildman–Crippen MR) is 126 cm³/mol. The molecule has 2 aromatic carbocycles.